The first-order valence-corrected chi connectivity index (χ1v) is 5.67. The quantitative estimate of drug-likeness (QED) is 0.751. The third-order valence-electron chi connectivity index (χ3n) is 2.98. The Bertz CT molecular complexity index is 425. The molecule has 0 spiro atoms. The molecular weight excluding hydrogens is 198 g/mol. The lowest BCUT2D eigenvalue weighted by atomic mass is 10.1. The van der Waals surface area contributed by atoms with E-state index < -0.39 is 0 Å². The van der Waals surface area contributed by atoms with Gasteiger partial charge in [-0.25, -0.2) is 0 Å². The number of hydrogen-bond acceptors (Lipinski definition) is 1. The van der Waals surface area contributed by atoms with E-state index in [0.717, 1.165) is 18.4 Å². The summed E-state index contributed by atoms with van der Waals surface area (Å²) in [6.07, 6.45) is 9.93. The Balaban J connectivity index is 2.05. The second-order valence-electron chi connectivity index (χ2n) is 4.18. The second-order valence-corrected chi connectivity index (χ2v) is 4.18. The molecule has 0 heterocycles. The van der Waals surface area contributed by atoms with E-state index in [-0.39, 0.29) is 5.91 Å². The summed E-state index contributed by atoms with van der Waals surface area (Å²) >= 11 is 0. The van der Waals surface area contributed by atoms with Gasteiger partial charge >= 0.3 is 0 Å². The minimum absolute atomic E-state index is 0.0102. The second kappa shape index (κ2) is 4.85. The molecule has 2 heteroatoms. The smallest absolute Gasteiger partial charge is 0.251 e. The summed E-state index contributed by atoms with van der Waals surface area (Å²) < 4.78 is 0. The van der Waals surface area contributed by atoms with E-state index in [4.69, 9.17) is 6.42 Å². The molecule has 1 saturated carbocycles. The first kappa shape index (κ1) is 10.8. The van der Waals surface area contributed by atoms with Crippen molar-refractivity contribution in [2.24, 2.45) is 0 Å². The first-order chi connectivity index (χ1) is 7.79. The highest BCUT2D eigenvalue weighted by atomic mass is 16.1. The van der Waals surface area contributed by atoms with Crippen molar-refractivity contribution in [3.8, 4) is 12.3 Å². The van der Waals surface area contributed by atoms with E-state index in [1.807, 2.05) is 12.1 Å². The monoisotopic (exact) mass is 213 g/mol. The van der Waals surface area contributed by atoms with Crippen molar-refractivity contribution in [1.29, 1.82) is 0 Å². The van der Waals surface area contributed by atoms with Crippen LogP contribution < -0.4 is 5.32 Å². The first-order valence-electron chi connectivity index (χ1n) is 5.67. The van der Waals surface area contributed by atoms with E-state index >= 15 is 0 Å². The molecule has 16 heavy (non-hydrogen) atoms. The number of amides is 1. The lowest BCUT2D eigenvalue weighted by molar-refractivity contribution is 0.0938. The van der Waals surface area contributed by atoms with E-state index in [2.05, 4.69) is 11.2 Å². The Labute approximate surface area is 96.1 Å². The molecule has 1 N–H and O–H groups in total. The fourth-order valence-electron chi connectivity index (χ4n) is 2.09. The van der Waals surface area contributed by atoms with Crippen LogP contribution in [0, 0.1) is 12.3 Å². The van der Waals surface area contributed by atoms with Gasteiger partial charge in [0.1, 0.15) is 0 Å². The molecule has 1 aromatic carbocycles. The molecule has 2 rings (SSSR count). The molecule has 1 amide bonds. The maximum atomic E-state index is 11.9. The summed E-state index contributed by atoms with van der Waals surface area (Å²) in [5.41, 5.74) is 1.40. The van der Waals surface area contributed by atoms with Crippen LogP contribution in [-0.2, 0) is 0 Å². The fourth-order valence-corrected chi connectivity index (χ4v) is 2.09. The predicted octanol–water partition coefficient (Wildman–Crippen LogP) is 2.34. The number of hydrogen-bond donors (Lipinski definition) is 1. The van der Waals surface area contributed by atoms with Crippen LogP contribution in [0.2, 0.25) is 0 Å². The summed E-state index contributed by atoms with van der Waals surface area (Å²) in [5, 5.41) is 3.04. The van der Waals surface area contributed by atoms with Crippen molar-refractivity contribution in [2.75, 3.05) is 0 Å². The average molecular weight is 213 g/mol. The zero-order valence-electron chi connectivity index (χ0n) is 9.20. The molecule has 0 saturated heterocycles. The van der Waals surface area contributed by atoms with Crippen LogP contribution in [-0.4, -0.2) is 11.9 Å². The van der Waals surface area contributed by atoms with Gasteiger partial charge in [0, 0.05) is 17.2 Å². The highest BCUT2D eigenvalue weighted by Gasteiger charge is 2.17. The number of terminal acetylenes is 1. The maximum absolute atomic E-state index is 11.9. The number of carbonyl (C=O) groups is 1. The van der Waals surface area contributed by atoms with E-state index in [1.54, 1.807) is 12.1 Å². The van der Waals surface area contributed by atoms with Crippen molar-refractivity contribution < 1.29 is 4.79 Å². The molecule has 2 nitrogen and oxygen atoms in total. The Morgan fingerprint density at radius 1 is 1.38 bits per heavy atom. The molecule has 1 aliphatic carbocycles. The third kappa shape index (κ3) is 2.43. The molecule has 0 unspecified atom stereocenters. The van der Waals surface area contributed by atoms with Crippen molar-refractivity contribution in [3.63, 3.8) is 0 Å². The van der Waals surface area contributed by atoms with Crippen LogP contribution in [0.25, 0.3) is 0 Å². The van der Waals surface area contributed by atoms with E-state index in [0.29, 0.717) is 11.6 Å². The largest absolute Gasteiger partial charge is 0.349 e. The summed E-state index contributed by atoms with van der Waals surface area (Å²) in [4.78, 5) is 11.9. The van der Waals surface area contributed by atoms with Gasteiger partial charge in [0.05, 0.1) is 0 Å². The van der Waals surface area contributed by atoms with Gasteiger partial charge < -0.3 is 5.32 Å². The normalized spacial score (nSPS) is 15.7. The van der Waals surface area contributed by atoms with Crippen LogP contribution in [0.5, 0.6) is 0 Å². The number of nitrogens with one attached hydrogen (secondary N) is 1. The summed E-state index contributed by atoms with van der Waals surface area (Å²) in [5.74, 6) is 2.53. The topological polar surface area (TPSA) is 29.1 Å². The molecule has 0 radical (unpaired) electrons. The van der Waals surface area contributed by atoms with Crippen LogP contribution in [0.4, 0.5) is 0 Å². The number of rotatable bonds is 2. The minimum atomic E-state index is -0.0102. The van der Waals surface area contributed by atoms with Crippen molar-refractivity contribution in [3.05, 3.63) is 35.4 Å². The predicted molar refractivity (Wildman–Crippen MR) is 64.1 cm³/mol. The molecule has 0 bridgehead atoms. The Kier molecular flexibility index (Phi) is 3.26. The van der Waals surface area contributed by atoms with Gasteiger partial charge in [-0.1, -0.05) is 24.8 Å². The standard InChI is InChI=1S/C14H15NO/c1-2-11-6-5-7-12(10-11)14(16)15-13-8-3-4-9-13/h1,5-7,10,13H,3-4,8-9H2,(H,15,16). The summed E-state index contributed by atoms with van der Waals surface area (Å²) in [6.45, 7) is 0. The average Bonchev–Trinajstić information content (AvgIpc) is 2.82. The minimum Gasteiger partial charge on any atom is -0.349 e. The van der Waals surface area contributed by atoms with Crippen molar-refractivity contribution in [2.45, 2.75) is 31.7 Å². The van der Waals surface area contributed by atoms with E-state index in [1.165, 1.54) is 12.8 Å². The highest BCUT2D eigenvalue weighted by Crippen LogP contribution is 2.18. The van der Waals surface area contributed by atoms with Crippen LogP contribution in [0.1, 0.15) is 41.6 Å². The Hall–Kier alpha value is -1.75. The Morgan fingerprint density at radius 2 is 2.12 bits per heavy atom. The highest BCUT2D eigenvalue weighted by molar-refractivity contribution is 5.94. The van der Waals surface area contributed by atoms with E-state index in [9.17, 15) is 4.79 Å². The molecule has 82 valence electrons. The SMILES string of the molecule is C#Cc1cccc(C(=O)NC2CCCC2)c1. The summed E-state index contributed by atoms with van der Waals surface area (Å²) in [7, 11) is 0. The van der Waals surface area contributed by atoms with Gasteiger partial charge in [0.25, 0.3) is 5.91 Å². The zero-order valence-corrected chi connectivity index (χ0v) is 9.20. The lowest BCUT2D eigenvalue weighted by Gasteiger charge is -2.11. The Morgan fingerprint density at radius 3 is 2.81 bits per heavy atom. The lowest BCUT2D eigenvalue weighted by Crippen LogP contribution is -2.32. The van der Waals surface area contributed by atoms with Gasteiger partial charge in [-0.05, 0) is 31.0 Å². The zero-order chi connectivity index (χ0) is 11.4. The van der Waals surface area contributed by atoms with Crippen molar-refractivity contribution >= 4 is 5.91 Å². The van der Waals surface area contributed by atoms with Gasteiger partial charge in [0.15, 0.2) is 0 Å². The number of carbonyl (C=O) groups excluding carboxylic acids is 1. The molecule has 1 fully saturated rings. The van der Waals surface area contributed by atoms with Gasteiger partial charge in [-0.2, -0.15) is 0 Å². The van der Waals surface area contributed by atoms with Crippen LogP contribution in [0.15, 0.2) is 24.3 Å². The number of benzene rings is 1. The molecular formula is C14H15NO. The van der Waals surface area contributed by atoms with Gasteiger partial charge in [0.2, 0.25) is 0 Å². The molecule has 1 aliphatic rings. The fraction of sp³-hybridized carbons (Fsp3) is 0.357. The molecule has 1 aromatic rings. The van der Waals surface area contributed by atoms with Crippen LogP contribution in [0.3, 0.4) is 0 Å². The van der Waals surface area contributed by atoms with Gasteiger partial charge in [-0.15, -0.1) is 6.42 Å². The molecule has 0 aromatic heterocycles. The third-order valence-corrected chi connectivity index (χ3v) is 2.98. The van der Waals surface area contributed by atoms with Crippen molar-refractivity contribution in [1.82, 2.24) is 5.32 Å². The van der Waals surface area contributed by atoms with Gasteiger partial charge in [-0.3, -0.25) is 4.79 Å². The molecule has 0 aliphatic heterocycles. The summed E-state index contributed by atoms with van der Waals surface area (Å²) in [6, 6.07) is 7.54. The maximum Gasteiger partial charge on any atom is 0.251 e. The van der Waals surface area contributed by atoms with Crippen LogP contribution >= 0.6 is 0 Å². The molecule has 0 atom stereocenters.